The number of nitrogens with zero attached hydrogens (tertiary/aromatic N) is 5. The second kappa shape index (κ2) is 15.7. The molecule has 2 saturated heterocycles. The largest absolute Gasteiger partial charge is 0.497 e. The Kier molecular flexibility index (Phi) is 10.7. The van der Waals surface area contributed by atoms with Crippen LogP contribution in [0.3, 0.4) is 0 Å². The van der Waals surface area contributed by atoms with E-state index in [0.29, 0.717) is 18.5 Å². The Hall–Kier alpha value is -4.23. The summed E-state index contributed by atoms with van der Waals surface area (Å²) in [5.74, 6) is 0.769. The van der Waals surface area contributed by atoms with Crippen molar-refractivity contribution in [3.63, 3.8) is 0 Å². The van der Waals surface area contributed by atoms with Crippen molar-refractivity contribution in [2.75, 3.05) is 48.4 Å². The Labute approximate surface area is 349 Å². The first-order valence-corrected chi connectivity index (χ1v) is 23.2. The maximum atomic E-state index is 15.7. The average molecular weight is 821 g/mol. The van der Waals surface area contributed by atoms with Gasteiger partial charge in [-0.15, -0.1) is 0 Å². The molecule has 4 fully saturated rings. The van der Waals surface area contributed by atoms with Gasteiger partial charge in [0.25, 0.3) is 5.91 Å². The number of aromatic nitrogens is 1. The highest BCUT2D eigenvalue weighted by atomic mass is 32.2. The summed E-state index contributed by atoms with van der Waals surface area (Å²) in [4.78, 5) is 36.5. The van der Waals surface area contributed by atoms with Crippen LogP contribution in [0.15, 0.2) is 66.7 Å². The number of carbonyl (C=O) groups excluding carboxylic acids is 2. The minimum absolute atomic E-state index is 0.0396. The van der Waals surface area contributed by atoms with Crippen LogP contribution in [0.25, 0.3) is 22.2 Å². The number of piperidine rings is 1. The molecule has 1 aromatic heterocycles. The van der Waals surface area contributed by atoms with Crippen molar-refractivity contribution >= 4 is 32.9 Å². The van der Waals surface area contributed by atoms with Gasteiger partial charge in [-0.25, -0.2) is 4.72 Å². The number of methoxy groups -OCH3 is 1. The van der Waals surface area contributed by atoms with Crippen LogP contribution >= 0.6 is 0 Å². The Morgan fingerprint density at radius 1 is 0.881 bits per heavy atom. The molecule has 11 nitrogen and oxygen atoms in total. The summed E-state index contributed by atoms with van der Waals surface area (Å²) in [6.07, 6.45) is 10.5. The second-order valence-electron chi connectivity index (χ2n) is 18.5. The summed E-state index contributed by atoms with van der Waals surface area (Å²) in [5, 5.41) is 1.08. The number of hydrogen-bond donors (Lipinski definition) is 1. The highest BCUT2D eigenvalue weighted by molar-refractivity contribution is 7.87. The van der Waals surface area contributed by atoms with Gasteiger partial charge in [-0.05, 0) is 112 Å². The van der Waals surface area contributed by atoms with Crippen LogP contribution in [-0.4, -0.2) is 110 Å². The number of hydrogen-bond acceptors (Lipinski definition) is 7. The summed E-state index contributed by atoms with van der Waals surface area (Å²) in [5.41, 5.74) is 6.59. The van der Waals surface area contributed by atoms with Crippen molar-refractivity contribution in [2.45, 2.75) is 107 Å². The molecular formula is C47H60N6O5S. The molecule has 1 N–H and O–H groups in total. The van der Waals surface area contributed by atoms with Gasteiger partial charge in [-0.2, -0.15) is 12.7 Å². The zero-order chi connectivity index (χ0) is 41.2. The molecule has 4 unspecified atom stereocenters. The SMILES string of the molecule is COc1ccc2c(c1)C1CC1(C(=O)N1C3CCC1CC(N(CCN(C)C)Cc1ccccc1)C3)Cn1c-2c(C2CCCCC2)c2ccc(C(=O)NS(=O)(=O)N(C)C)cc21. The summed E-state index contributed by atoms with van der Waals surface area (Å²) in [6.45, 7) is 3.39. The minimum atomic E-state index is -3.99. The number of ether oxygens (including phenoxy) is 1. The fourth-order valence-electron chi connectivity index (χ4n) is 11.3. The number of likely N-dealkylation sites (N-methyl/N-ethyl adjacent to an activating group) is 1. The number of rotatable bonds is 12. The van der Waals surface area contributed by atoms with Crippen molar-refractivity contribution in [1.29, 1.82) is 0 Å². The van der Waals surface area contributed by atoms with Gasteiger partial charge in [0.2, 0.25) is 5.91 Å². The van der Waals surface area contributed by atoms with E-state index in [1.54, 1.807) is 13.2 Å². The van der Waals surface area contributed by atoms with Gasteiger partial charge in [-0.1, -0.05) is 55.7 Å². The van der Waals surface area contributed by atoms with E-state index in [-0.39, 0.29) is 29.5 Å². The van der Waals surface area contributed by atoms with Gasteiger partial charge in [0.05, 0.1) is 18.2 Å². The molecule has 2 amide bonds. The third kappa shape index (κ3) is 7.27. The third-order valence-corrected chi connectivity index (χ3v) is 15.8. The van der Waals surface area contributed by atoms with E-state index in [9.17, 15) is 13.2 Å². The molecular weight excluding hydrogens is 761 g/mol. The Bertz CT molecular complexity index is 2340. The Morgan fingerprint density at radius 3 is 2.29 bits per heavy atom. The topological polar surface area (TPSA) is 107 Å². The molecule has 0 radical (unpaired) electrons. The predicted octanol–water partition coefficient (Wildman–Crippen LogP) is 6.97. The van der Waals surface area contributed by atoms with Crippen LogP contribution in [-0.2, 0) is 28.1 Å². The van der Waals surface area contributed by atoms with Gasteiger partial charge in [0, 0.05) is 86.3 Å². The average Bonchev–Trinajstić information content (AvgIpc) is 3.82. The van der Waals surface area contributed by atoms with E-state index >= 15 is 4.79 Å². The molecule has 3 aliphatic heterocycles. The van der Waals surface area contributed by atoms with E-state index in [2.05, 4.69) is 80.5 Å². The highest BCUT2D eigenvalue weighted by Gasteiger charge is 2.65. The molecule has 3 aromatic carbocycles. The lowest BCUT2D eigenvalue weighted by atomic mass is 9.81. The zero-order valence-corrected chi connectivity index (χ0v) is 36.1. The molecule has 2 bridgehead atoms. The Balaban J connectivity index is 1.11. The molecule has 314 valence electrons. The molecule has 4 aromatic rings. The minimum Gasteiger partial charge on any atom is -0.497 e. The maximum Gasteiger partial charge on any atom is 0.303 e. The monoisotopic (exact) mass is 820 g/mol. The van der Waals surface area contributed by atoms with Crippen molar-refractivity contribution in [3.8, 4) is 17.0 Å². The number of benzene rings is 3. The van der Waals surface area contributed by atoms with Crippen LogP contribution in [0.5, 0.6) is 5.75 Å². The number of amides is 2. The van der Waals surface area contributed by atoms with Gasteiger partial charge >= 0.3 is 10.2 Å². The fraction of sp³-hybridized carbons (Fsp3) is 0.532. The lowest BCUT2D eigenvalue weighted by Gasteiger charge is -2.45. The molecule has 5 aliphatic rings. The van der Waals surface area contributed by atoms with E-state index in [0.717, 1.165) is 110 Å². The number of nitrogens with one attached hydrogen (secondary N) is 1. The lowest BCUT2D eigenvalue weighted by Crippen LogP contribution is -2.55. The molecule has 4 heterocycles. The summed E-state index contributed by atoms with van der Waals surface area (Å²) < 4.78 is 37.0. The first-order valence-electron chi connectivity index (χ1n) is 21.7. The van der Waals surface area contributed by atoms with Crippen LogP contribution in [0.4, 0.5) is 0 Å². The second-order valence-corrected chi connectivity index (χ2v) is 20.4. The van der Waals surface area contributed by atoms with Gasteiger partial charge in [0.15, 0.2) is 0 Å². The summed E-state index contributed by atoms with van der Waals surface area (Å²) in [7, 11) is 4.79. The third-order valence-electron chi connectivity index (χ3n) is 14.4. The smallest absolute Gasteiger partial charge is 0.303 e. The van der Waals surface area contributed by atoms with Gasteiger partial charge in [-0.3, -0.25) is 14.5 Å². The summed E-state index contributed by atoms with van der Waals surface area (Å²) in [6, 6.07) is 23.6. The molecule has 0 spiro atoms. The van der Waals surface area contributed by atoms with Gasteiger partial charge in [0.1, 0.15) is 5.75 Å². The standard InChI is InChI=1S/C47H60N6O5S/c1-49(2)22-23-51(29-31-12-8-6-9-13-31)36-25-34-17-18-35(26-36)53(34)46(55)47-28-41(47)40-27-37(58-5)19-21-38(40)44-43(32-14-10-7-11-15-32)39-20-16-33(24-42(39)52(44)30-47)45(54)48-59(56,57)50(3)4/h6,8-9,12-13,16,19-21,24,27,32,34-36,41H,7,10-11,14-15,17-18,22-23,25-26,28-30H2,1-5H3,(H,48,54). The van der Waals surface area contributed by atoms with Crippen molar-refractivity contribution < 1.29 is 22.7 Å². The molecule has 59 heavy (non-hydrogen) atoms. The van der Waals surface area contributed by atoms with E-state index < -0.39 is 21.5 Å². The van der Waals surface area contributed by atoms with Crippen molar-refractivity contribution in [3.05, 3.63) is 89.0 Å². The maximum absolute atomic E-state index is 15.7. The zero-order valence-electron chi connectivity index (χ0n) is 35.3. The van der Waals surface area contributed by atoms with E-state index in [1.807, 2.05) is 18.2 Å². The van der Waals surface area contributed by atoms with Crippen molar-refractivity contribution in [1.82, 2.24) is 28.3 Å². The molecule has 12 heteroatoms. The normalized spacial score (nSPS) is 25.2. The highest BCUT2D eigenvalue weighted by Crippen LogP contribution is 2.67. The quantitative estimate of drug-likeness (QED) is 0.165. The van der Waals surface area contributed by atoms with Crippen LogP contribution < -0.4 is 9.46 Å². The number of carbonyl (C=O) groups is 2. The number of fused-ring (bicyclic) bond motifs is 9. The van der Waals surface area contributed by atoms with Crippen LogP contribution in [0, 0.1) is 5.41 Å². The molecule has 2 saturated carbocycles. The Morgan fingerprint density at radius 2 is 1.61 bits per heavy atom. The fourth-order valence-corrected chi connectivity index (χ4v) is 11.8. The molecule has 4 atom stereocenters. The molecule has 2 aliphatic carbocycles. The van der Waals surface area contributed by atoms with E-state index in [4.69, 9.17) is 4.74 Å². The summed E-state index contributed by atoms with van der Waals surface area (Å²) >= 11 is 0. The molecule has 9 rings (SSSR count). The first kappa shape index (κ1) is 40.2. The van der Waals surface area contributed by atoms with Crippen LogP contribution in [0.1, 0.15) is 103 Å². The van der Waals surface area contributed by atoms with Gasteiger partial charge < -0.3 is 19.1 Å². The first-order chi connectivity index (χ1) is 28.4. The van der Waals surface area contributed by atoms with Crippen LogP contribution in [0.2, 0.25) is 0 Å². The predicted molar refractivity (Wildman–Crippen MR) is 232 cm³/mol. The lowest BCUT2D eigenvalue weighted by molar-refractivity contribution is -0.143. The van der Waals surface area contributed by atoms with Crippen molar-refractivity contribution in [2.24, 2.45) is 5.41 Å². The van der Waals surface area contributed by atoms with E-state index in [1.165, 1.54) is 37.2 Å².